The van der Waals surface area contributed by atoms with Crippen molar-refractivity contribution in [3.63, 3.8) is 0 Å². The van der Waals surface area contributed by atoms with E-state index >= 15 is 0 Å². The van der Waals surface area contributed by atoms with Gasteiger partial charge in [-0.1, -0.05) is 30.3 Å². The van der Waals surface area contributed by atoms with E-state index < -0.39 is 5.97 Å². The molecule has 0 saturated heterocycles. The number of amides is 1. The number of rotatable bonds is 5. The van der Waals surface area contributed by atoms with Gasteiger partial charge in [0.1, 0.15) is 0 Å². The van der Waals surface area contributed by atoms with E-state index in [1.165, 1.54) is 11.8 Å². The highest BCUT2D eigenvalue weighted by Crippen LogP contribution is 2.34. The molecule has 6 heteroatoms. The molecule has 29 heavy (non-hydrogen) atoms. The van der Waals surface area contributed by atoms with Crippen LogP contribution in [-0.4, -0.2) is 30.0 Å². The molecule has 3 aromatic rings. The Labute approximate surface area is 169 Å². The lowest BCUT2D eigenvalue weighted by Gasteiger charge is -2.19. The molecule has 1 amide bonds. The second-order valence-electron chi connectivity index (χ2n) is 6.68. The van der Waals surface area contributed by atoms with Gasteiger partial charge in [-0.25, -0.2) is 4.79 Å². The van der Waals surface area contributed by atoms with Crippen molar-refractivity contribution in [1.82, 2.24) is 4.98 Å². The molecule has 1 aromatic heterocycles. The first kappa shape index (κ1) is 18.7. The van der Waals surface area contributed by atoms with Crippen molar-refractivity contribution in [3.05, 3.63) is 83.7 Å². The zero-order valence-electron chi connectivity index (χ0n) is 16.1. The van der Waals surface area contributed by atoms with Crippen molar-refractivity contribution in [2.75, 3.05) is 23.4 Å². The smallest absolute Gasteiger partial charge is 0.340 e. The van der Waals surface area contributed by atoms with Gasteiger partial charge in [-0.05, 0) is 43.2 Å². The molecule has 1 aliphatic heterocycles. The van der Waals surface area contributed by atoms with Crippen LogP contribution in [0, 0.1) is 0 Å². The van der Waals surface area contributed by atoms with E-state index in [4.69, 9.17) is 4.74 Å². The van der Waals surface area contributed by atoms with Crippen molar-refractivity contribution < 1.29 is 14.3 Å². The van der Waals surface area contributed by atoms with E-state index in [-0.39, 0.29) is 12.5 Å². The van der Waals surface area contributed by atoms with Crippen LogP contribution in [0.3, 0.4) is 0 Å². The van der Waals surface area contributed by atoms with Gasteiger partial charge in [-0.3, -0.25) is 9.78 Å². The number of benzene rings is 2. The summed E-state index contributed by atoms with van der Waals surface area (Å²) in [6, 6.07) is 16.8. The predicted octanol–water partition coefficient (Wildman–Crippen LogP) is 4.20. The number of hydrogen-bond acceptors (Lipinski definition) is 5. The zero-order chi connectivity index (χ0) is 20.2. The Bertz CT molecular complexity index is 1060. The fourth-order valence-corrected chi connectivity index (χ4v) is 3.48. The Morgan fingerprint density at radius 1 is 1.10 bits per heavy atom. The maximum atomic E-state index is 12.8. The van der Waals surface area contributed by atoms with Gasteiger partial charge in [0.15, 0.2) is 0 Å². The number of fused-ring (bicyclic) bond motifs is 1. The predicted molar refractivity (Wildman–Crippen MR) is 112 cm³/mol. The van der Waals surface area contributed by atoms with Gasteiger partial charge < -0.3 is 15.0 Å². The molecular weight excluding hydrogens is 366 g/mol. The minimum atomic E-state index is -0.469. The van der Waals surface area contributed by atoms with Gasteiger partial charge in [0.25, 0.3) is 5.91 Å². The van der Waals surface area contributed by atoms with E-state index in [1.807, 2.05) is 18.2 Å². The van der Waals surface area contributed by atoms with Gasteiger partial charge >= 0.3 is 5.97 Å². The normalized spacial score (nSPS) is 12.4. The van der Waals surface area contributed by atoms with Crippen LogP contribution in [0.15, 0.2) is 67.0 Å². The molecular formula is C23H21N3O3. The van der Waals surface area contributed by atoms with Gasteiger partial charge in [-0.15, -0.1) is 0 Å². The highest BCUT2D eigenvalue weighted by Gasteiger charge is 2.21. The number of aromatic nitrogens is 1. The Kier molecular flexibility index (Phi) is 5.24. The van der Waals surface area contributed by atoms with Gasteiger partial charge in [0, 0.05) is 18.4 Å². The third-order valence-electron chi connectivity index (χ3n) is 4.86. The van der Waals surface area contributed by atoms with Gasteiger partial charge in [0.2, 0.25) is 0 Å². The Morgan fingerprint density at radius 2 is 1.90 bits per heavy atom. The third kappa shape index (κ3) is 3.82. The fourth-order valence-electron chi connectivity index (χ4n) is 3.48. The molecule has 0 spiro atoms. The molecule has 0 saturated carbocycles. The zero-order valence-corrected chi connectivity index (χ0v) is 16.1. The molecule has 0 fully saturated rings. The molecule has 1 N–H and O–H groups in total. The van der Waals surface area contributed by atoms with Crippen molar-refractivity contribution in [2.24, 2.45) is 0 Å². The second-order valence-corrected chi connectivity index (χ2v) is 6.68. The van der Waals surface area contributed by atoms with Crippen molar-refractivity contribution in [2.45, 2.75) is 13.3 Å². The molecule has 6 nitrogen and oxygen atoms in total. The maximum Gasteiger partial charge on any atom is 0.340 e. The number of nitrogens with one attached hydrogen (secondary N) is 1. The molecule has 0 radical (unpaired) electrons. The topological polar surface area (TPSA) is 71.5 Å². The number of hydrogen-bond donors (Lipinski definition) is 1. The van der Waals surface area contributed by atoms with E-state index in [0.717, 1.165) is 24.3 Å². The third-order valence-corrected chi connectivity index (χ3v) is 4.86. The minimum absolute atomic E-state index is 0.268. The first-order chi connectivity index (χ1) is 14.2. The lowest BCUT2D eigenvalue weighted by Crippen LogP contribution is -2.18. The summed E-state index contributed by atoms with van der Waals surface area (Å²) in [5.74, 6) is -0.799. The molecule has 146 valence electrons. The second kappa shape index (κ2) is 8.14. The van der Waals surface area contributed by atoms with Crippen LogP contribution in [0.25, 0.3) is 0 Å². The van der Waals surface area contributed by atoms with Crippen LogP contribution in [0.1, 0.15) is 33.2 Å². The largest absolute Gasteiger partial charge is 0.462 e. The monoisotopic (exact) mass is 387 g/mol. The average Bonchev–Trinajstić information content (AvgIpc) is 3.18. The molecule has 0 atom stereocenters. The quantitative estimate of drug-likeness (QED) is 0.664. The lowest BCUT2D eigenvalue weighted by atomic mass is 10.1. The Balaban J connectivity index is 1.57. The first-order valence-corrected chi connectivity index (χ1v) is 9.55. The van der Waals surface area contributed by atoms with Crippen molar-refractivity contribution in [1.29, 1.82) is 0 Å². The number of ether oxygens (including phenoxy) is 1. The number of carbonyl (C=O) groups is 2. The molecule has 4 rings (SSSR count). The number of carbonyl (C=O) groups excluding carboxylic acids is 2. The van der Waals surface area contributed by atoms with E-state index in [2.05, 4.69) is 27.3 Å². The standard InChI is InChI=1S/C23H21N3O3/c1-2-29-23(28)19-8-4-5-9-20(19)25-22(27)17-13-18(15-24-14-17)26-12-11-16-7-3-6-10-21(16)26/h3-10,13-15H,2,11-12H2,1H3,(H,25,27). The molecule has 2 heterocycles. The minimum Gasteiger partial charge on any atom is -0.462 e. The van der Waals surface area contributed by atoms with Crippen LogP contribution >= 0.6 is 0 Å². The maximum absolute atomic E-state index is 12.8. The summed E-state index contributed by atoms with van der Waals surface area (Å²) in [5.41, 5.74) is 4.44. The highest BCUT2D eigenvalue weighted by molar-refractivity contribution is 6.08. The number of anilines is 3. The number of nitrogens with zero attached hydrogens (tertiary/aromatic N) is 2. The molecule has 1 aliphatic rings. The first-order valence-electron chi connectivity index (χ1n) is 9.55. The van der Waals surface area contributed by atoms with Crippen LogP contribution in [0.2, 0.25) is 0 Å². The van der Waals surface area contributed by atoms with E-state index in [1.54, 1.807) is 37.4 Å². The molecule has 0 bridgehead atoms. The van der Waals surface area contributed by atoms with Crippen LogP contribution < -0.4 is 10.2 Å². The van der Waals surface area contributed by atoms with Gasteiger partial charge in [-0.2, -0.15) is 0 Å². The SMILES string of the molecule is CCOC(=O)c1ccccc1NC(=O)c1cncc(N2CCc3ccccc32)c1. The summed E-state index contributed by atoms with van der Waals surface area (Å²) in [6.45, 7) is 2.86. The number of esters is 1. The summed E-state index contributed by atoms with van der Waals surface area (Å²) in [6.07, 6.45) is 4.23. The lowest BCUT2D eigenvalue weighted by molar-refractivity contribution is 0.0527. The van der Waals surface area contributed by atoms with E-state index in [9.17, 15) is 9.59 Å². The number of para-hydroxylation sites is 2. The van der Waals surface area contributed by atoms with Crippen LogP contribution in [0.5, 0.6) is 0 Å². The molecule has 0 unspecified atom stereocenters. The fraction of sp³-hybridized carbons (Fsp3) is 0.174. The number of pyridine rings is 1. The highest BCUT2D eigenvalue weighted by atomic mass is 16.5. The Hall–Kier alpha value is -3.67. The molecule has 0 aliphatic carbocycles. The summed E-state index contributed by atoms with van der Waals surface area (Å²) in [4.78, 5) is 31.4. The van der Waals surface area contributed by atoms with Crippen molar-refractivity contribution in [3.8, 4) is 0 Å². The van der Waals surface area contributed by atoms with Crippen LogP contribution in [-0.2, 0) is 11.2 Å². The summed E-state index contributed by atoms with van der Waals surface area (Å²) >= 11 is 0. The Morgan fingerprint density at radius 3 is 2.76 bits per heavy atom. The summed E-state index contributed by atoms with van der Waals surface area (Å²) in [7, 11) is 0. The van der Waals surface area contributed by atoms with Gasteiger partial charge in [0.05, 0.1) is 35.3 Å². The van der Waals surface area contributed by atoms with E-state index in [0.29, 0.717) is 16.8 Å². The average molecular weight is 387 g/mol. The summed E-state index contributed by atoms with van der Waals surface area (Å²) < 4.78 is 5.07. The van der Waals surface area contributed by atoms with Crippen molar-refractivity contribution >= 4 is 28.9 Å². The molecule has 2 aromatic carbocycles. The van der Waals surface area contributed by atoms with Crippen LogP contribution in [0.4, 0.5) is 17.1 Å². The summed E-state index contributed by atoms with van der Waals surface area (Å²) in [5, 5.41) is 2.80.